The van der Waals surface area contributed by atoms with E-state index in [1.54, 1.807) is 30.6 Å². The number of benzene rings is 3. The molecule has 1 atom stereocenters. The molecule has 32 heavy (non-hydrogen) atoms. The van der Waals surface area contributed by atoms with Gasteiger partial charge >= 0.3 is 5.97 Å². The molecule has 4 aromatic rings. The van der Waals surface area contributed by atoms with Gasteiger partial charge in [0.2, 0.25) is 0 Å². The van der Waals surface area contributed by atoms with Gasteiger partial charge in [0.15, 0.2) is 5.13 Å². The zero-order valence-electron chi connectivity index (χ0n) is 17.8. The van der Waals surface area contributed by atoms with E-state index in [1.165, 1.54) is 5.56 Å². The highest BCUT2D eigenvalue weighted by Gasteiger charge is 2.20. The Morgan fingerprint density at radius 2 is 1.84 bits per heavy atom. The number of thiazole rings is 1. The van der Waals surface area contributed by atoms with Crippen LogP contribution in [0, 0.1) is 0 Å². The Morgan fingerprint density at radius 3 is 2.50 bits per heavy atom. The van der Waals surface area contributed by atoms with Crippen LogP contribution in [0.4, 0.5) is 5.13 Å². The van der Waals surface area contributed by atoms with Crippen molar-refractivity contribution in [1.82, 2.24) is 4.98 Å². The normalized spacial score (nSPS) is 12.0. The number of carboxylic acids is 1. The predicted octanol–water partition coefficient (Wildman–Crippen LogP) is 6.58. The van der Waals surface area contributed by atoms with Crippen molar-refractivity contribution in [2.45, 2.75) is 19.4 Å². The topological polar surface area (TPSA) is 62.7 Å². The second-order valence-corrected chi connectivity index (χ2v) is 9.43. The van der Waals surface area contributed by atoms with Crippen LogP contribution in [0.25, 0.3) is 10.2 Å². The highest BCUT2D eigenvalue weighted by atomic mass is 79.9. The molecular formula is C25H23BrN2O3S. The maximum atomic E-state index is 11.2. The summed E-state index contributed by atoms with van der Waals surface area (Å²) in [5.41, 5.74) is 3.52. The lowest BCUT2D eigenvalue weighted by atomic mass is 10.0. The van der Waals surface area contributed by atoms with Crippen molar-refractivity contribution in [3.63, 3.8) is 0 Å². The highest BCUT2D eigenvalue weighted by molar-refractivity contribution is 9.10. The number of methoxy groups -OCH3 is 1. The zero-order valence-corrected chi connectivity index (χ0v) is 20.2. The summed E-state index contributed by atoms with van der Waals surface area (Å²) in [6, 6.07) is 21.3. The average molecular weight is 511 g/mol. The lowest BCUT2D eigenvalue weighted by molar-refractivity contribution is 0.0697. The minimum atomic E-state index is -0.919. The van der Waals surface area contributed by atoms with Gasteiger partial charge in [-0.1, -0.05) is 51.5 Å². The molecule has 4 rings (SSSR count). The number of ether oxygens (including phenoxy) is 1. The van der Waals surface area contributed by atoms with E-state index in [-0.39, 0.29) is 11.6 Å². The number of carbonyl (C=O) groups is 1. The maximum absolute atomic E-state index is 11.2. The van der Waals surface area contributed by atoms with Crippen LogP contribution < -0.4 is 9.64 Å². The Bertz CT molecular complexity index is 1220. The second kappa shape index (κ2) is 9.71. The molecular weight excluding hydrogens is 488 g/mol. The summed E-state index contributed by atoms with van der Waals surface area (Å²) in [5, 5.41) is 10.2. The van der Waals surface area contributed by atoms with Crippen molar-refractivity contribution < 1.29 is 14.6 Å². The van der Waals surface area contributed by atoms with Crippen molar-refractivity contribution >= 4 is 48.6 Å². The molecule has 164 valence electrons. The molecule has 5 nitrogen and oxygen atoms in total. The standard InChI is InChI=1S/C25H23BrN2O3S/c1-16(18-5-7-19(8-6-18)24(29)30)28(14-13-17-3-10-21(31-2)11-4-17)25-27-22-12-9-20(26)15-23(22)32-25/h3-12,15-16H,13-14H2,1-2H3,(H,29,30). The molecule has 0 bridgehead atoms. The van der Waals surface area contributed by atoms with Gasteiger partial charge in [-0.2, -0.15) is 0 Å². The second-order valence-electron chi connectivity index (χ2n) is 7.50. The van der Waals surface area contributed by atoms with Gasteiger partial charge in [-0.05, 0) is 66.9 Å². The first-order valence-corrected chi connectivity index (χ1v) is 11.8. The number of carboxylic acid groups (broad SMARTS) is 1. The van der Waals surface area contributed by atoms with Gasteiger partial charge in [-0.3, -0.25) is 0 Å². The van der Waals surface area contributed by atoms with E-state index in [9.17, 15) is 9.90 Å². The van der Waals surface area contributed by atoms with Crippen LogP contribution in [0.5, 0.6) is 5.75 Å². The molecule has 0 aliphatic rings. The van der Waals surface area contributed by atoms with Crippen molar-refractivity contribution in [2.24, 2.45) is 0 Å². The summed E-state index contributed by atoms with van der Waals surface area (Å²) in [7, 11) is 1.67. The molecule has 0 aliphatic carbocycles. The van der Waals surface area contributed by atoms with Crippen LogP contribution in [-0.4, -0.2) is 29.7 Å². The largest absolute Gasteiger partial charge is 0.497 e. The van der Waals surface area contributed by atoms with Crippen molar-refractivity contribution in [3.05, 3.63) is 87.9 Å². The van der Waals surface area contributed by atoms with Crippen LogP contribution in [-0.2, 0) is 6.42 Å². The predicted molar refractivity (Wildman–Crippen MR) is 133 cm³/mol. The number of halogens is 1. The summed E-state index contributed by atoms with van der Waals surface area (Å²) in [5.74, 6) is -0.0773. The first-order chi connectivity index (χ1) is 15.4. The molecule has 0 fully saturated rings. The summed E-state index contributed by atoms with van der Waals surface area (Å²) < 4.78 is 7.42. The van der Waals surface area contributed by atoms with Gasteiger partial charge in [-0.15, -0.1) is 0 Å². The number of fused-ring (bicyclic) bond motifs is 1. The lowest BCUT2D eigenvalue weighted by Crippen LogP contribution is -2.29. The highest BCUT2D eigenvalue weighted by Crippen LogP contribution is 2.35. The Kier molecular flexibility index (Phi) is 6.77. The van der Waals surface area contributed by atoms with Crippen LogP contribution >= 0.6 is 27.3 Å². The van der Waals surface area contributed by atoms with Crippen LogP contribution in [0.1, 0.15) is 34.5 Å². The fourth-order valence-corrected chi connectivity index (χ4v) is 5.21. The quantitative estimate of drug-likeness (QED) is 0.290. The number of aromatic carboxylic acids is 1. The number of nitrogens with zero attached hydrogens (tertiary/aromatic N) is 2. The van der Waals surface area contributed by atoms with E-state index < -0.39 is 5.97 Å². The number of aromatic nitrogens is 1. The Labute approximate surface area is 199 Å². The molecule has 1 unspecified atom stereocenters. The first kappa shape index (κ1) is 22.3. The number of rotatable bonds is 8. The van der Waals surface area contributed by atoms with E-state index in [0.29, 0.717) is 0 Å². The molecule has 0 saturated heterocycles. The Balaban J connectivity index is 1.64. The lowest BCUT2D eigenvalue weighted by Gasteiger charge is -2.29. The van der Waals surface area contributed by atoms with Gasteiger partial charge < -0.3 is 14.7 Å². The van der Waals surface area contributed by atoms with Gasteiger partial charge in [0.05, 0.1) is 28.9 Å². The molecule has 1 N–H and O–H groups in total. The van der Waals surface area contributed by atoms with E-state index in [2.05, 4.69) is 46.0 Å². The molecule has 0 saturated carbocycles. The first-order valence-electron chi connectivity index (χ1n) is 10.2. The zero-order chi connectivity index (χ0) is 22.7. The van der Waals surface area contributed by atoms with Crippen LogP contribution in [0.15, 0.2) is 71.2 Å². The number of anilines is 1. The van der Waals surface area contributed by atoms with Gasteiger partial charge in [-0.25, -0.2) is 9.78 Å². The Hall–Kier alpha value is -2.90. The number of hydrogen-bond donors (Lipinski definition) is 1. The molecule has 0 aliphatic heterocycles. The van der Waals surface area contributed by atoms with E-state index in [1.807, 2.05) is 36.4 Å². The van der Waals surface area contributed by atoms with Crippen LogP contribution in [0.2, 0.25) is 0 Å². The van der Waals surface area contributed by atoms with Gasteiger partial charge in [0, 0.05) is 11.0 Å². The molecule has 7 heteroatoms. The average Bonchev–Trinajstić information content (AvgIpc) is 3.22. The minimum absolute atomic E-state index is 0.0279. The molecule has 0 radical (unpaired) electrons. The molecule has 3 aromatic carbocycles. The summed E-state index contributed by atoms with van der Waals surface area (Å²) in [6.07, 6.45) is 0.848. The van der Waals surface area contributed by atoms with Crippen molar-refractivity contribution in [3.8, 4) is 5.75 Å². The van der Waals surface area contributed by atoms with Gasteiger partial charge in [0.1, 0.15) is 5.75 Å². The summed E-state index contributed by atoms with van der Waals surface area (Å²) in [4.78, 5) is 18.4. The smallest absolute Gasteiger partial charge is 0.335 e. The van der Waals surface area contributed by atoms with Gasteiger partial charge in [0.25, 0.3) is 0 Å². The Morgan fingerprint density at radius 1 is 1.12 bits per heavy atom. The fourth-order valence-electron chi connectivity index (χ4n) is 3.59. The third-order valence-electron chi connectivity index (χ3n) is 5.49. The van der Waals surface area contributed by atoms with Crippen molar-refractivity contribution in [1.29, 1.82) is 0 Å². The van der Waals surface area contributed by atoms with Crippen molar-refractivity contribution in [2.75, 3.05) is 18.6 Å². The molecule has 0 spiro atoms. The third kappa shape index (κ3) is 4.95. The number of hydrogen-bond acceptors (Lipinski definition) is 5. The molecule has 1 aromatic heterocycles. The van der Waals surface area contributed by atoms with E-state index in [4.69, 9.17) is 9.72 Å². The maximum Gasteiger partial charge on any atom is 0.335 e. The third-order valence-corrected chi connectivity index (χ3v) is 7.04. The molecule has 0 amide bonds. The minimum Gasteiger partial charge on any atom is -0.497 e. The van der Waals surface area contributed by atoms with Crippen LogP contribution in [0.3, 0.4) is 0 Å². The van der Waals surface area contributed by atoms with E-state index >= 15 is 0 Å². The molecule has 1 heterocycles. The monoisotopic (exact) mass is 510 g/mol. The fraction of sp³-hybridized carbons (Fsp3) is 0.200. The summed E-state index contributed by atoms with van der Waals surface area (Å²) >= 11 is 5.21. The SMILES string of the molecule is COc1ccc(CCN(c2nc3ccc(Br)cc3s2)C(C)c2ccc(C(=O)O)cc2)cc1. The van der Waals surface area contributed by atoms with E-state index in [0.717, 1.165) is 44.1 Å². The summed E-state index contributed by atoms with van der Waals surface area (Å²) in [6.45, 7) is 2.90.